The maximum atomic E-state index is 13.5. The fraction of sp³-hybridized carbons (Fsp3) is 0.296. The van der Waals surface area contributed by atoms with Crippen molar-refractivity contribution in [2.24, 2.45) is 5.92 Å². The van der Waals surface area contributed by atoms with Gasteiger partial charge in [0.1, 0.15) is 9.57 Å². The lowest BCUT2D eigenvalue weighted by atomic mass is 9.83. The summed E-state index contributed by atoms with van der Waals surface area (Å²) in [4.78, 5) is 28.0. The third kappa shape index (κ3) is 5.17. The molecule has 3 heterocycles. The Morgan fingerprint density at radius 2 is 1.89 bits per heavy atom. The molecule has 0 unspecified atom stereocenters. The second-order valence-electron chi connectivity index (χ2n) is 9.25. The van der Waals surface area contributed by atoms with E-state index in [0.29, 0.717) is 27.5 Å². The van der Waals surface area contributed by atoms with Crippen LogP contribution in [-0.2, 0) is 11.3 Å². The van der Waals surface area contributed by atoms with Gasteiger partial charge in [0.25, 0.3) is 5.56 Å². The molecule has 8 heteroatoms. The number of hydrogen-bond donors (Lipinski definition) is 1. The number of halogens is 1. The Hall–Kier alpha value is -2.61. The van der Waals surface area contributed by atoms with Crippen LogP contribution in [0.2, 0.25) is 5.02 Å². The summed E-state index contributed by atoms with van der Waals surface area (Å²) in [6.45, 7) is 4.21. The first-order valence-electron chi connectivity index (χ1n) is 11.7. The number of amides is 1. The van der Waals surface area contributed by atoms with Crippen molar-refractivity contribution in [2.75, 3.05) is 18.4 Å². The molecule has 1 N–H and O–H groups in total. The molecular weight excluding hydrogens is 498 g/mol. The minimum absolute atomic E-state index is 0.0678. The number of piperidine rings is 1. The van der Waals surface area contributed by atoms with Crippen LogP contribution in [0.3, 0.4) is 0 Å². The fourth-order valence-corrected chi connectivity index (χ4v) is 6.72. The number of carbonyl (C=O) groups is 1. The number of carbonyl (C=O) groups excluding carboxylic acids is 1. The summed E-state index contributed by atoms with van der Waals surface area (Å²) in [6.07, 6.45) is 1.06. The number of nitrogens with zero attached hydrogens (tertiary/aromatic N) is 2. The number of rotatable bonds is 4. The molecule has 1 amide bonds. The summed E-state index contributed by atoms with van der Waals surface area (Å²) in [5.41, 5.74) is 3.65. The molecule has 2 aromatic carbocycles. The maximum Gasteiger partial charge on any atom is 0.250 e. The van der Waals surface area contributed by atoms with E-state index in [4.69, 9.17) is 23.8 Å². The second-order valence-corrected chi connectivity index (χ2v) is 11.4. The molecule has 5 nitrogen and oxygen atoms in total. The zero-order valence-electron chi connectivity index (χ0n) is 19.3. The molecule has 2 bridgehead atoms. The molecule has 3 atom stereocenters. The number of thioether (sulfide) groups is 1. The van der Waals surface area contributed by atoms with Gasteiger partial charge < -0.3 is 14.8 Å². The first kappa shape index (κ1) is 24.1. The van der Waals surface area contributed by atoms with Crippen molar-refractivity contribution in [1.29, 1.82) is 0 Å². The number of aryl methyl sites for hydroxylation is 1. The number of fused-ring (bicyclic) bond motifs is 4. The first-order valence-corrected chi connectivity index (χ1v) is 13.3. The SMILES string of the molecule is Cc1ccc(NC(=O)[C@@H](SC(=S)N2C[C@H]3C[C@@H](C2)c2cccc(=O)n2C3)c2ccccc2)c(Cl)c1. The van der Waals surface area contributed by atoms with Crippen molar-refractivity contribution in [2.45, 2.75) is 31.1 Å². The normalized spacial score (nSPS) is 19.5. The van der Waals surface area contributed by atoms with Gasteiger partial charge in [-0.25, -0.2) is 0 Å². The van der Waals surface area contributed by atoms with E-state index in [1.165, 1.54) is 11.8 Å². The largest absolute Gasteiger partial charge is 0.356 e. The molecule has 1 saturated heterocycles. The Bertz CT molecular complexity index is 1330. The van der Waals surface area contributed by atoms with Crippen molar-refractivity contribution in [3.8, 4) is 0 Å². The predicted molar refractivity (Wildman–Crippen MR) is 147 cm³/mol. The Morgan fingerprint density at radius 1 is 1.09 bits per heavy atom. The van der Waals surface area contributed by atoms with E-state index >= 15 is 0 Å². The quantitative estimate of drug-likeness (QED) is 0.449. The summed E-state index contributed by atoms with van der Waals surface area (Å²) >= 11 is 13.7. The smallest absolute Gasteiger partial charge is 0.250 e. The first-order chi connectivity index (χ1) is 16.9. The molecule has 2 aliphatic rings. The van der Waals surface area contributed by atoms with E-state index in [1.807, 2.05) is 72.2 Å². The maximum absolute atomic E-state index is 13.5. The number of thiocarbonyl (C=S) groups is 1. The van der Waals surface area contributed by atoms with Crippen LogP contribution in [0, 0.1) is 12.8 Å². The van der Waals surface area contributed by atoms with E-state index in [2.05, 4.69) is 10.2 Å². The number of likely N-dealkylation sites (tertiary alicyclic amines) is 1. The zero-order chi connectivity index (χ0) is 24.5. The molecule has 180 valence electrons. The number of nitrogens with one attached hydrogen (secondary N) is 1. The van der Waals surface area contributed by atoms with E-state index < -0.39 is 5.25 Å². The van der Waals surface area contributed by atoms with Crippen molar-refractivity contribution in [1.82, 2.24) is 9.47 Å². The van der Waals surface area contributed by atoms with Crippen LogP contribution in [-0.4, -0.2) is 32.8 Å². The van der Waals surface area contributed by atoms with E-state index in [-0.39, 0.29) is 17.4 Å². The van der Waals surface area contributed by atoms with E-state index in [9.17, 15) is 9.59 Å². The highest BCUT2D eigenvalue weighted by atomic mass is 35.5. The monoisotopic (exact) mass is 523 g/mol. The van der Waals surface area contributed by atoms with Crippen LogP contribution in [0.1, 0.15) is 34.4 Å². The van der Waals surface area contributed by atoms with E-state index in [1.54, 1.807) is 6.07 Å². The van der Waals surface area contributed by atoms with Crippen LogP contribution in [0.15, 0.2) is 71.5 Å². The summed E-state index contributed by atoms with van der Waals surface area (Å²) in [5.74, 6) is 0.448. The molecule has 5 rings (SSSR count). The Kier molecular flexibility index (Phi) is 7.00. The number of aromatic nitrogens is 1. The van der Waals surface area contributed by atoms with Crippen molar-refractivity contribution >= 4 is 51.5 Å². The lowest BCUT2D eigenvalue weighted by Crippen LogP contribution is -2.48. The average molecular weight is 524 g/mol. The number of hydrogen-bond acceptors (Lipinski definition) is 4. The van der Waals surface area contributed by atoms with Crippen LogP contribution in [0.5, 0.6) is 0 Å². The van der Waals surface area contributed by atoms with Gasteiger partial charge in [0.05, 0.1) is 10.7 Å². The van der Waals surface area contributed by atoms with Crippen LogP contribution in [0.25, 0.3) is 0 Å². The lowest BCUT2D eigenvalue weighted by Gasteiger charge is -2.43. The summed E-state index contributed by atoms with van der Waals surface area (Å²) in [6, 6.07) is 20.8. The van der Waals surface area contributed by atoms with Crippen LogP contribution < -0.4 is 10.9 Å². The third-order valence-corrected chi connectivity index (χ3v) is 8.72. The average Bonchev–Trinajstić information content (AvgIpc) is 2.85. The minimum Gasteiger partial charge on any atom is -0.356 e. The third-order valence-electron chi connectivity index (χ3n) is 6.68. The molecule has 35 heavy (non-hydrogen) atoms. The zero-order valence-corrected chi connectivity index (χ0v) is 21.7. The Morgan fingerprint density at radius 3 is 2.66 bits per heavy atom. The number of benzene rings is 2. The Balaban J connectivity index is 1.36. The highest BCUT2D eigenvalue weighted by Gasteiger charge is 2.36. The molecule has 0 spiro atoms. The Labute approximate surface area is 219 Å². The van der Waals surface area contributed by atoms with Gasteiger partial charge in [-0.05, 0) is 48.6 Å². The van der Waals surface area contributed by atoms with Gasteiger partial charge >= 0.3 is 0 Å². The molecule has 1 fully saturated rings. The summed E-state index contributed by atoms with van der Waals surface area (Å²) in [7, 11) is 0. The molecule has 0 radical (unpaired) electrons. The highest BCUT2D eigenvalue weighted by Crippen LogP contribution is 2.39. The van der Waals surface area contributed by atoms with Crippen molar-refractivity contribution in [3.63, 3.8) is 0 Å². The molecule has 0 aliphatic carbocycles. The van der Waals surface area contributed by atoms with Gasteiger partial charge in [-0.3, -0.25) is 9.59 Å². The fourth-order valence-electron chi connectivity index (χ4n) is 5.04. The number of pyridine rings is 1. The van der Waals surface area contributed by atoms with Gasteiger partial charge in [-0.1, -0.05) is 78.0 Å². The second kappa shape index (κ2) is 10.2. The lowest BCUT2D eigenvalue weighted by molar-refractivity contribution is -0.115. The molecule has 2 aliphatic heterocycles. The van der Waals surface area contributed by atoms with Gasteiger partial charge in [-0.15, -0.1) is 0 Å². The molecular formula is C27H26ClN3O2S2. The van der Waals surface area contributed by atoms with Crippen molar-refractivity contribution in [3.05, 3.63) is 98.9 Å². The predicted octanol–water partition coefficient (Wildman–Crippen LogP) is 5.63. The van der Waals surface area contributed by atoms with Gasteiger partial charge in [0.15, 0.2) is 0 Å². The van der Waals surface area contributed by atoms with Gasteiger partial charge in [0, 0.05) is 37.3 Å². The van der Waals surface area contributed by atoms with E-state index in [0.717, 1.165) is 36.3 Å². The molecule has 1 aromatic heterocycles. The number of anilines is 1. The standard InChI is InChI=1S/C27H26ClN3O2S2/c1-17-10-11-22(21(28)12-17)29-26(33)25(19-6-3-2-4-7-19)35-27(34)30-14-18-13-20(16-30)23-8-5-9-24(32)31(23)15-18/h2-12,18,20,25H,13-16H2,1H3,(H,29,33)/t18-,20+,25+/m1/s1. The van der Waals surface area contributed by atoms with Crippen LogP contribution in [0.4, 0.5) is 5.69 Å². The van der Waals surface area contributed by atoms with Crippen molar-refractivity contribution < 1.29 is 4.79 Å². The molecule has 0 saturated carbocycles. The van der Waals surface area contributed by atoms with Crippen LogP contribution >= 0.6 is 35.6 Å². The summed E-state index contributed by atoms with van der Waals surface area (Å²) in [5, 5.41) is 2.99. The van der Waals surface area contributed by atoms with Gasteiger partial charge in [0.2, 0.25) is 5.91 Å². The minimum atomic E-state index is -0.516. The molecule has 3 aromatic rings. The van der Waals surface area contributed by atoms with Gasteiger partial charge in [-0.2, -0.15) is 0 Å². The summed E-state index contributed by atoms with van der Waals surface area (Å²) < 4.78 is 2.61. The topological polar surface area (TPSA) is 54.3 Å². The highest BCUT2D eigenvalue weighted by molar-refractivity contribution is 8.23.